The van der Waals surface area contributed by atoms with Gasteiger partial charge in [-0.15, -0.1) is 0 Å². The molecular weight excluding hydrogens is 96.0 g/mol. The van der Waals surface area contributed by atoms with Gasteiger partial charge in [0.25, 0.3) is 0 Å². The van der Waals surface area contributed by atoms with Crippen LogP contribution in [0.4, 0.5) is 0 Å². The molecule has 3 nitrogen and oxygen atoms in total. The van der Waals surface area contributed by atoms with Crippen LogP contribution in [0.3, 0.4) is 0 Å². The van der Waals surface area contributed by atoms with Crippen LogP contribution in [0.5, 0.6) is 0 Å². The Hall–Kier alpha value is -0.410. The first-order valence-electron chi connectivity index (χ1n) is 2.02. The fourth-order valence-corrected chi connectivity index (χ4v) is 0.395. The van der Waals surface area contributed by atoms with Crippen LogP contribution in [-0.2, 0) is 14.3 Å². The zero-order valence-corrected chi connectivity index (χ0v) is 3.96. The van der Waals surface area contributed by atoms with E-state index in [-0.39, 0.29) is 12.4 Å². The summed E-state index contributed by atoms with van der Waals surface area (Å²) in [4.78, 5) is 9.73. The minimum Gasteiger partial charge on any atom is -0.353 e. The lowest BCUT2D eigenvalue weighted by Gasteiger charge is -1.78. The van der Waals surface area contributed by atoms with Gasteiger partial charge < -0.3 is 14.3 Å². The van der Waals surface area contributed by atoms with Gasteiger partial charge in [0.2, 0.25) is 0 Å². The van der Waals surface area contributed by atoms with Crippen molar-refractivity contribution in [3.63, 3.8) is 0 Å². The molecule has 0 radical (unpaired) electrons. The van der Waals surface area contributed by atoms with Crippen LogP contribution in [0.1, 0.15) is 0 Å². The van der Waals surface area contributed by atoms with Gasteiger partial charge in [-0.25, -0.2) is 0 Å². The molecule has 0 amide bonds. The fraction of sp³-hybridized carbons (Fsp3) is 0.750. The van der Waals surface area contributed by atoms with Crippen molar-refractivity contribution in [2.45, 2.75) is 12.4 Å². The van der Waals surface area contributed by atoms with Crippen molar-refractivity contribution in [1.82, 2.24) is 0 Å². The van der Waals surface area contributed by atoms with Gasteiger partial charge in [0, 0.05) is 7.11 Å². The van der Waals surface area contributed by atoms with Crippen molar-refractivity contribution in [3.8, 4) is 0 Å². The minimum absolute atomic E-state index is 0.252. The lowest BCUT2D eigenvalue weighted by molar-refractivity contribution is -0.108. The molecule has 2 atom stereocenters. The molecule has 0 aromatic heterocycles. The lowest BCUT2D eigenvalue weighted by atomic mass is 10.5. The zero-order valence-electron chi connectivity index (χ0n) is 3.96. The third-order valence-electron chi connectivity index (χ3n) is 0.849. The second-order valence-electron chi connectivity index (χ2n) is 1.34. The largest absolute Gasteiger partial charge is 0.353 e. The minimum atomic E-state index is -0.287. The van der Waals surface area contributed by atoms with Crippen LogP contribution in [0.2, 0.25) is 0 Å². The predicted octanol–water partition coefficient (Wildman–Crippen LogP) is -0.443. The number of carbonyl (C=O) groups is 1. The van der Waals surface area contributed by atoms with Crippen molar-refractivity contribution >= 4 is 6.29 Å². The van der Waals surface area contributed by atoms with E-state index in [0.29, 0.717) is 0 Å². The third-order valence-corrected chi connectivity index (χ3v) is 0.849. The summed E-state index contributed by atoms with van der Waals surface area (Å²) in [7, 11) is 1.51. The van der Waals surface area contributed by atoms with E-state index in [4.69, 9.17) is 0 Å². The van der Waals surface area contributed by atoms with Gasteiger partial charge in [-0.2, -0.15) is 0 Å². The molecule has 0 aromatic rings. The van der Waals surface area contributed by atoms with E-state index in [9.17, 15) is 4.79 Å². The van der Waals surface area contributed by atoms with Crippen molar-refractivity contribution in [3.05, 3.63) is 0 Å². The number of carbonyl (C=O) groups excluding carboxylic acids is 1. The van der Waals surface area contributed by atoms with E-state index in [1.165, 1.54) is 7.11 Å². The molecule has 2 unspecified atom stereocenters. The number of hydrogen-bond donors (Lipinski definition) is 0. The number of epoxide rings is 1. The summed E-state index contributed by atoms with van der Waals surface area (Å²) in [5, 5.41) is 0. The zero-order chi connectivity index (χ0) is 5.28. The lowest BCUT2D eigenvalue weighted by Crippen LogP contribution is -1.95. The molecule has 40 valence electrons. The first-order valence-corrected chi connectivity index (χ1v) is 2.02. The van der Waals surface area contributed by atoms with Crippen LogP contribution in [0.15, 0.2) is 0 Å². The Bertz CT molecular complexity index is 81.0. The quantitative estimate of drug-likeness (QED) is 0.350. The summed E-state index contributed by atoms with van der Waals surface area (Å²) in [6.07, 6.45) is 0.191. The first kappa shape index (κ1) is 4.74. The summed E-state index contributed by atoms with van der Waals surface area (Å²) in [6.45, 7) is 0. The average molecular weight is 102 g/mol. The van der Waals surface area contributed by atoms with Gasteiger partial charge in [0.15, 0.2) is 18.7 Å². The Balaban J connectivity index is 2.17. The SMILES string of the molecule is COC1OC1C=O. The summed E-state index contributed by atoms with van der Waals surface area (Å²) in [5.74, 6) is 0. The Morgan fingerprint density at radius 1 is 1.86 bits per heavy atom. The third kappa shape index (κ3) is 0.783. The molecule has 1 rings (SSSR count). The molecule has 0 saturated carbocycles. The molecule has 7 heavy (non-hydrogen) atoms. The number of hydrogen-bond acceptors (Lipinski definition) is 3. The molecule has 1 aliphatic heterocycles. The number of aldehydes is 1. The second-order valence-corrected chi connectivity index (χ2v) is 1.34. The fourth-order valence-electron chi connectivity index (χ4n) is 0.395. The highest BCUT2D eigenvalue weighted by Gasteiger charge is 2.38. The van der Waals surface area contributed by atoms with Gasteiger partial charge in [-0.05, 0) is 0 Å². The Labute approximate surface area is 41.2 Å². The van der Waals surface area contributed by atoms with Gasteiger partial charge >= 0.3 is 0 Å². The molecule has 1 heterocycles. The van der Waals surface area contributed by atoms with Crippen LogP contribution in [-0.4, -0.2) is 25.8 Å². The molecule has 1 aliphatic rings. The molecular formula is C4H6O3. The van der Waals surface area contributed by atoms with E-state index < -0.39 is 0 Å². The normalized spacial score (nSPS) is 37.9. The van der Waals surface area contributed by atoms with Gasteiger partial charge in [0.05, 0.1) is 0 Å². The van der Waals surface area contributed by atoms with Crippen molar-refractivity contribution in [1.29, 1.82) is 0 Å². The molecule has 0 aromatic carbocycles. The van der Waals surface area contributed by atoms with E-state index in [1.807, 2.05) is 0 Å². The highest BCUT2D eigenvalue weighted by atomic mass is 16.8. The maximum Gasteiger partial charge on any atom is 0.191 e. The number of methoxy groups -OCH3 is 1. The van der Waals surface area contributed by atoms with Crippen LogP contribution in [0, 0.1) is 0 Å². The summed E-state index contributed by atoms with van der Waals surface area (Å²) < 4.78 is 9.24. The first-order chi connectivity index (χ1) is 3.38. The second kappa shape index (κ2) is 1.60. The molecule has 3 heteroatoms. The predicted molar refractivity (Wildman–Crippen MR) is 21.7 cm³/mol. The van der Waals surface area contributed by atoms with Crippen LogP contribution in [0.25, 0.3) is 0 Å². The van der Waals surface area contributed by atoms with Crippen molar-refractivity contribution < 1.29 is 14.3 Å². The number of rotatable bonds is 2. The molecule has 0 spiro atoms. The maximum absolute atomic E-state index is 9.73. The highest BCUT2D eigenvalue weighted by molar-refractivity contribution is 5.59. The summed E-state index contributed by atoms with van der Waals surface area (Å²) in [6, 6.07) is 0. The van der Waals surface area contributed by atoms with E-state index >= 15 is 0 Å². The number of ether oxygens (including phenoxy) is 2. The Morgan fingerprint density at radius 3 is 2.71 bits per heavy atom. The standard InChI is InChI=1S/C4H6O3/c1-6-4-3(2-5)7-4/h2-4H,1H3. The monoisotopic (exact) mass is 102 g/mol. The summed E-state index contributed by atoms with van der Waals surface area (Å²) in [5.41, 5.74) is 0. The van der Waals surface area contributed by atoms with Gasteiger partial charge in [-0.1, -0.05) is 0 Å². The molecule has 0 N–H and O–H groups in total. The molecule has 0 bridgehead atoms. The summed E-state index contributed by atoms with van der Waals surface area (Å²) >= 11 is 0. The van der Waals surface area contributed by atoms with Gasteiger partial charge in [-0.3, -0.25) is 0 Å². The average Bonchev–Trinajstić information content (AvgIpc) is 2.43. The Morgan fingerprint density at radius 2 is 2.57 bits per heavy atom. The van der Waals surface area contributed by atoms with E-state index in [0.717, 1.165) is 6.29 Å². The molecule has 1 saturated heterocycles. The topological polar surface area (TPSA) is 38.8 Å². The highest BCUT2D eigenvalue weighted by Crippen LogP contribution is 2.18. The smallest absolute Gasteiger partial charge is 0.191 e. The molecule has 1 fully saturated rings. The van der Waals surface area contributed by atoms with Crippen LogP contribution < -0.4 is 0 Å². The van der Waals surface area contributed by atoms with Crippen molar-refractivity contribution in [2.24, 2.45) is 0 Å². The van der Waals surface area contributed by atoms with Crippen LogP contribution >= 0.6 is 0 Å². The Kier molecular flexibility index (Phi) is 1.08. The van der Waals surface area contributed by atoms with Gasteiger partial charge in [0.1, 0.15) is 0 Å². The maximum atomic E-state index is 9.73. The van der Waals surface area contributed by atoms with Crippen molar-refractivity contribution in [2.75, 3.05) is 7.11 Å². The van der Waals surface area contributed by atoms with E-state index in [2.05, 4.69) is 9.47 Å². The molecule has 0 aliphatic carbocycles. The van der Waals surface area contributed by atoms with E-state index in [1.54, 1.807) is 0 Å².